The predicted molar refractivity (Wildman–Crippen MR) is 110 cm³/mol. The highest BCUT2D eigenvalue weighted by Gasteiger charge is 2.15. The van der Waals surface area contributed by atoms with Crippen molar-refractivity contribution >= 4 is 17.7 Å². The van der Waals surface area contributed by atoms with Gasteiger partial charge < -0.3 is 10.1 Å². The van der Waals surface area contributed by atoms with Crippen LogP contribution in [0.3, 0.4) is 0 Å². The van der Waals surface area contributed by atoms with Crippen molar-refractivity contribution in [3.05, 3.63) is 60.8 Å². The van der Waals surface area contributed by atoms with Crippen LogP contribution in [0, 0.1) is 0 Å². The summed E-state index contributed by atoms with van der Waals surface area (Å²) in [5.41, 5.74) is 3.01. The Labute approximate surface area is 163 Å². The van der Waals surface area contributed by atoms with Gasteiger partial charge in [-0.05, 0) is 50.2 Å². The van der Waals surface area contributed by atoms with Gasteiger partial charge in [-0.1, -0.05) is 30.0 Å². The zero-order valence-electron chi connectivity index (χ0n) is 15.7. The summed E-state index contributed by atoms with van der Waals surface area (Å²) in [7, 11) is 1.65. The van der Waals surface area contributed by atoms with Crippen molar-refractivity contribution in [2.45, 2.75) is 25.0 Å². The Bertz CT molecular complexity index is 890. The summed E-state index contributed by atoms with van der Waals surface area (Å²) in [5.74, 6) is 1.14. The van der Waals surface area contributed by atoms with Gasteiger partial charge in [-0.25, -0.2) is 4.98 Å². The molecule has 0 fully saturated rings. The zero-order valence-corrected chi connectivity index (χ0v) is 16.5. The van der Waals surface area contributed by atoms with Crippen LogP contribution in [0.25, 0.3) is 16.9 Å². The predicted octanol–water partition coefficient (Wildman–Crippen LogP) is 4.16. The van der Waals surface area contributed by atoms with E-state index in [9.17, 15) is 4.79 Å². The second-order valence-electron chi connectivity index (χ2n) is 6.34. The van der Waals surface area contributed by atoms with Crippen molar-refractivity contribution < 1.29 is 9.53 Å². The third-order valence-electron chi connectivity index (χ3n) is 3.91. The lowest BCUT2D eigenvalue weighted by Crippen LogP contribution is -2.31. The fraction of sp³-hybridized carbons (Fsp3) is 0.238. The molecule has 0 bridgehead atoms. The normalized spacial score (nSPS) is 10.8. The first-order valence-corrected chi connectivity index (χ1v) is 9.77. The highest BCUT2D eigenvalue weighted by atomic mass is 32.2. The van der Waals surface area contributed by atoms with Gasteiger partial charge in [0.1, 0.15) is 5.75 Å². The number of hydrogen-bond donors (Lipinski definition) is 1. The van der Waals surface area contributed by atoms with Gasteiger partial charge in [0.05, 0.1) is 24.8 Å². The fourth-order valence-corrected chi connectivity index (χ4v) is 3.53. The molecule has 3 aromatic rings. The number of carbonyl (C=O) groups is 1. The first-order chi connectivity index (χ1) is 13.1. The number of nitrogens with zero attached hydrogens (tertiary/aromatic N) is 2. The quantitative estimate of drug-likeness (QED) is 0.624. The lowest BCUT2D eigenvalue weighted by molar-refractivity contribution is -0.119. The van der Waals surface area contributed by atoms with Crippen LogP contribution in [-0.4, -0.2) is 34.4 Å². The van der Waals surface area contributed by atoms with E-state index in [4.69, 9.17) is 4.74 Å². The number of para-hydroxylation sites is 1. The molecule has 5 nitrogen and oxygen atoms in total. The third-order valence-corrected chi connectivity index (χ3v) is 4.86. The Kier molecular flexibility index (Phi) is 6.19. The Hall–Kier alpha value is -2.73. The van der Waals surface area contributed by atoms with E-state index in [0.717, 1.165) is 27.9 Å². The van der Waals surface area contributed by atoms with Crippen molar-refractivity contribution in [3.8, 4) is 22.7 Å². The van der Waals surface area contributed by atoms with Crippen LogP contribution in [0.1, 0.15) is 13.8 Å². The average molecular weight is 382 g/mol. The molecule has 1 N–H and O–H groups in total. The number of aromatic nitrogens is 2. The molecule has 3 rings (SSSR count). The summed E-state index contributed by atoms with van der Waals surface area (Å²) in [5, 5.41) is 3.70. The maximum Gasteiger partial charge on any atom is 0.230 e. The number of nitrogens with one attached hydrogen (secondary N) is 1. The number of imidazole rings is 1. The first kappa shape index (κ1) is 19.0. The first-order valence-electron chi connectivity index (χ1n) is 8.78. The van der Waals surface area contributed by atoms with Crippen molar-refractivity contribution in [2.24, 2.45) is 0 Å². The van der Waals surface area contributed by atoms with Crippen molar-refractivity contribution in [3.63, 3.8) is 0 Å². The van der Waals surface area contributed by atoms with Gasteiger partial charge in [0, 0.05) is 17.3 Å². The molecule has 0 radical (unpaired) electrons. The topological polar surface area (TPSA) is 56.1 Å². The van der Waals surface area contributed by atoms with Crippen molar-refractivity contribution in [1.29, 1.82) is 0 Å². The molecule has 0 aliphatic heterocycles. The number of carbonyl (C=O) groups excluding carboxylic acids is 1. The molecule has 0 spiro atoms. The number of hydrogen-bond acceptors (Lipinski definition) is 4. The molecule has 1 aromatic heterocycles. The monoisotopic (exact) mass is 381 g/mol. The smallest absolute Gasteiger partial charge is 0.230 e. The van der Waals surface area contributed by atoms with Crippen molar-refractivity contribution in [2.75, 3.05) is 12.9 Å². The van der Waals surface area contributed by atoms with Crippen LogP contribution in [0.15, 0.2) is 66.0 Å². The van der Waals surface area contributed by atoms with Gasteiger partial charge in [-0.3, -0.25) is 9.36 Å². The summed E-state index contributed by atoms with van der Waals surface area (Å²) >= 11 is 1.43. The molecule has 6 heteroatoms. The maximum atomic E-state index is 12.0. The number of ether oxygens (including phenoxy) is 1. The van der Waals surface area contributed by atoms with E-state index in [-0.39, 0.29) is 11.9 Å². The minimum atomic E-state index is 0.00334. The summed E-state index contributed by atoms with van der Waals surface area (Å²) < 4.78 is 7.33. The molecule has 27 heavy (non-hydrogen) atoms. The van der Waals surface area contributed by atoms with Gasteiger partial charge in [0.25, 0.3) is 0 Å². The van der Waals surface area contributed by atoms with Crippen LogP contribution in [0.5, 0.6) is 5.75 Å². The van der Waals surface area contributed by atoms with E-state index >= 15 is 0 Å². The second-order valence-corrected chi connectivity index (χ2v) is 7.28. The van der Waals surface area contributed by atoms with Crippen LogP contribution in [0.4, 0.5) is 0 Å². The van der Waals surface area contributed by atoms with Gasteiger partial charge in [-0.15, -0.1) is 0 Å². The van der Waals surface area contributed by atoms with Gasteiger partial charge in [-0.2, -0.15) is 0 Å². The summed E-state index contributed by atoms with van der Waals surface area (Å²) in [6.07, 6.45) is 1.84. The van der Waals surface area contributed by atoms with Crippen LogP contribution < -0.4 is 10.1 Å². The van der Waals surface area contributed by atoms with E-state index < -0.39 is 0 Å². The standard InChI is InChI=1S/C21H23N3O2S/c1-15(2)23-20(25)14-27-21-22-13-19(16-9-11-18(26-3)12-10-16)24(21)17-7-5-4-6-8-17/h4-13,15H,14H2,1-3H3,(H,23,25). The molecule has 1 amide bonds. The Morgan fingerprint density at radius 1 is 1.15 bits per heavy atom. The molecule has 0 saturated carbocycles. The number of rotatable bonds is 7. The summed E-state index contributed by atoms with van der Waals surface area (Å²) in [4.78, 5) is 16.6. The van der Waals surface area contributed by atoms with E-state index in [1.807, 2.05) is 74.6 Å². The Balaban J connectivity index is 1.94. The summed E-state index contributed by atoms with van der Waals surface area (Å²) in [6.45, 7) is 3.91. The van der Waals surface area contributed by atoms with Crippen LogP contribution in [0.2, 0.25) is 0 Å². The molecule has 0 unspecified atom stereocenters. The molecule has 0 aliphatic rings. The third kappa shape index (κ3) is 4.71. The Morgan fingerprint density at radius 2 is 1.85 bits per heavy atom. The lowest BCUT2D eigenvalue weighted by atomic mass is 10.1. The van der Waals surface area contributed by atoms with E-state index in [0.29, 0.717) is 5.75 Å². The highest BCUT2D eigenvalue weighted by Crippen LogP contribution is 2.30. The number of methoxy groups -OCH3 is 1. The molecule has 0 atom stereocenters. The average Bonchev–Trinajstić information content (AvgIpc) is 3.10. The minimum Gasteiger partial charge on any atom is -0.497 e. The molecular formula is C21H23N3O2S. The van der Waals surface area contributed by atoms with Gasteiger partial charge >= 0.3 is 0 Å². The Morgan fingerprint density at radius 3 is 2.48 bits per heavy atom. The van der Waals surface area contributed by atoms with E-state index in [1.165, 1.54) is 11.8 Å². The molecule has 0 saturated heterocycles. The van der Waals surface area contributed by atoms with Crippen LogP contribution in [-0.2, 0) is 4.79 Å². The molecular weight excluding hydrogens is 358 g/mol. The fourth-order valence-electron chi connectivity index (χ4n) is 2.72. The van der Waals surface area contributed by atoms with E-state index in [1.54, 1.807) is 7.11 Å². The number of benzene rings is 2. The summed E-state index contributed by atoms with van der Waals surface area (Å²) in [6, 6.07) is 18.0. The molecule has 0 aliphatic carbocycles. The molecule has 140 valence electrons. The molecule has 2 aromatic carbocycles. The van der Waals surface area contributed by atoms with E-state index in [2.05, 4.69) is 14.9 Å². The lowest BCUT2D eigenvalue weighted by Gasteiger charge is -2.13. The highest BCUT2D eigenvalue weighted by molar-refractivity contribution is 7.99. The minimum absolute atomic E-state index is 0.00334. The van der Waals surface area contributed by atoms with Crippen LogP contribution >= 0.6 is 11.8 Å². The maximum absolute atomic E-state index is 12.0. The number of amides is 1. The van der Waals surface area contributed by atoms with Gasteiger partial charge in [0.15, 0.2) is 5.16 Å². The largest absolute Gasteiger partial charge is 0.497 e. The van der Waals surface area contributed by atoms with Gasteiger partial charge in [0.2, 0.25) is 5.91 Å². The van der Waals surface area contributed by atoms with Crippen molar-refractivity contribution in [1.82, 2.24) is 14.9 Å². The molecule has 1 heterocycles. The number of thioether (sulfide) groups is 1. The second kappa shape index (κ2) is 8.77. The SMILES string of the molecule is COc1ccc(-c2cnc(SCC(=O)NC(C)C)n2-c2ccccc2)cc1. The zero-order chi connectivity index (χ0) is 19.2.